The molecule has 1 saturated heterocycles. The molecule has 10 heteroatoms. The molecule has 5 rings (SSSR count). The first-order chi connectivity index (χ1) is 17.3. The second kappa shape index (κ2) is 9.93. The summed E-state index contributed by atoms with van der Waals surface area (Å²) in [6, 6.07) is 16.5. The van der Waals surface area contributed by atoms with E-state index in [1.165, 1.54) is 30.2 Å². The van der Waals surface area contributed by atoms with Crippen molar-refractivity contribution in [1.82, 2.24) is 19.0 Å². The van der Waals surface area contributed by atoms with Gasteiger partial charge in [0.1, 0.15) is 10.0 Å². The molecule has 0 N–H and O–H groups in total. The molecule has 1 aliphatic carbocycles. The maximum Gasteiger partial charge on any atom is 0.266 e. The van der Waals surface area contributed by atoms with Crippen molar-refractivity contribution in [3.63, 3.8) is 0 Å². The maximum atomic E-state index is 13.3. The van der Waals surface area contributed by atoms with Crippen LogP contribution in [0.25, 0.3) is 23.0 Å². The van der Waals surface area contributed by atoms with E-state index in [1.54, 1.807) is 27.8 Å². The van der Waals surface area contributed by atoms with Crippen LogP contribution in [0.1, 0.15) is 31.2 Å². The van der Waals surface area contributed by atoms with Gasteiger partial charge in [0.15, 0.2) is 0 Å². The Hall–Kier alpha value is -2.79. The number of sulfonamides is 1. The van der Waals surface area contributed by atoms with E-state index in [0.717, 1.165) is 31.4 Å². The summed E-state index contributed by atoms with van der Waals surface area (Å²) >= 11 is 6.89. The van der Waals surface area contributed by atoms with Crippen LogP contribution in [0.15, 0.2) is 70.6 Å². The lowest BCUT2D eigenvalue weighted by Gasteiger charge is -2.21. The minimum atomic E-state index is -3.62. The number of amides is 1. The predicted octanol–water partition coefficient (Wildman–Crippen LogP) is 4.93. The number of carbonyl (C=O) groups is 1. The first-order valence-electron chi connectivity index (χ1n) is 11.7. The second-order valence-electron chi connectivity index (χ2n) is 9.02. The molecule has 1 saturated carbocycles. The zero-order chi connectivity index (χ0) is 25.4. The highest BCUT2D eigenvalue weighted by Gasteiger charge is 2.38. The van der Waals surface area contributed by atoms with Gasteiger partial charge in [0, 0.05) is 37.5 Å². The monoisotopic (exact) mass is 538 g/mol. The topological polar surface area (TPSA) is 75.5 Å². The first-order valence-corrected chi connectivity index (χ1v) is 14.4. The molecular formula is C26H26N4O3S3. The molecule has 2 heterocycles. The molecule has 1 aliphatic heterocycles. The van der Waals surface area contributed by atoms with Gasteiger partial charge >= 0.3 is 0 Å². The fraction of sp³-hybridized carbons (Fsp3) is 0.269. The lowest BCUT2D eigenvalue weighted by molar-refractivity contribution is -0.123. The number of hydrogen-bond donors (Lipinski definition) is 0. The van der Waals surface area contributed by atoms with E-state index in [9.17, 15) is 13.2 Å². The first kappa shape index (κ1) is 24.9. The van der Waals surface area contributed by atoms with Crippen LogP contribution < -0.4 is 0 Å². The number of hydrogen-bond acceptors (Lipinski definition) is 6. The van der Waals surface area contributed by atoms with E-state index in [0.29, 0.717) is 26.0 Å². The van der Waals surface area contributed by atoms with Gasteiger partial charge in [-0.1, -0.05) is 67.2 Å². The van der Waals surface area contributed by atoms with Gasteiger partial charge in [-0.05, 0) is 43.2 Å². The molecule has 0 atom stereocenters. The van der Waals surface area contributed by atoms with E-state index in [4.69, 9.17) is 17.3 Å². The minimum Gasteiger partial charge on any atom is -0.290 e. The van der Waals surface area contributed by atoms with Gasteiger partial charge in [-0.15, -0.1) is 0 Å². The van der Waals surface area contributed by atoms with Crippen molar-refractivity contribution in [2.45, 2.75) is 36.6 Å². The standard InChI is InChI=1S/C26H26N4O3S3/c1-28(2)36(32,33)22-14-8-9-18(15-22)24-19(17-29(27-24)20-10-4-3-5-11-20)16-23-25(31)30(26(34)35-23)21-12-6-7-13-21/h3-5,8-11,14-17,21H,6-7,12-13H2,1-2H3/b23-16-. The Morgan fingerprint density at radius 3 is 2.50 bits per heavy atom. The number of carbonyl (C=O) groups excluding carboxylic acids is 1. The van der Waals surface area contributed by atoms with E-state index < -0.39 is 10.0 Å². The summed E-state index contributed by atoms with van der Waals surface area (Å²) in [6.07, 6.45) is 7.86. The summed E-state index contributed by atoms with van der Waals surface area (Å²) in [5.74, 6) is -0.0701. The zero-order valence-corrected chi connectivity index (χ0v) is 22.4. The third kappa shape index (κ3) is 4.66. The number of nitrogens with zero attached hydrogens (tertiary/aromatic N) is 4. The Bertz CT molecular complexity index is 1460. The van der Waals surface area contributed by atoms with Crippen LogP contribution in [0.4, 0.5) is 0 Å². The summed E-state index contributed by atoms with van der Waals surface area (Å²) in [4.78, 5) is 15.8. The normalized spacial score (nSPS) is 18.2. The molecule has 36 heavy (non-hydrogen) atoms. The summed E-state index contributed by atoms with van der Waals surface area (Å²) in [6.45, 7) is 0. The number of aromatic nitrogens is 2. The molecule has 186 valence electrons. The molecule has 7 nitrogen and oxygen atoms in total. The molecule has 3 aromatic rings. The van der Waals surface area contributed by atoms with Crippen molar-refractivity contribution in [2.75, 3.05) is 14.1 Å². The van der Waals surface area contributed by atoms with Crippen molar-refractivity contribution in [2.24, 2.45) is 0 Å². The molecule has 1 aromatic heterocycles. The highest BCUT2D eigenvalue weighted by atomic mass is 32.2. The zero-order valence-electron chi connectivity index (χ0n) is 20.0. The van der Waals surface area contributed by atoms with Crippen LogP contribution in [-0.4, -0.2) is 57.8 Å². The third-order valence-electron chi connectivity index (χ3n) is 6.45. The van der Waals surface area contributed by atoms with Crippen molar-refractivity contribution < 1.29 is 13.2 Å². The van der Waals surface area contributed by atoms with Gasteiger partial charge in [0.25, 0.3) is 5.91 Å². The summed E-state index contributed by atoms with van der Waals surface area (Å²) in [5.41, 5.74) is 2.80. The minimum absolute atomic E-state index is 0.0701. The number of benzene rings is 2. The van der Waals surface area contributed by atoms with Crippen LogP contribution in [0.3, 0.4) is 0 Å². The number of rotatable bonds is 6. The summed E-state index contributed by atoms with van der Waals surface area (Å²) in [7, 11) is -0.612. The molecule has 0 bridgehead atoms. The Balaban J connectivity index is 1.60. The Kier molecular flexibility index (Phi) is 6.86. The van der Waals surface area contributed by atoms with Crippen LogP contribution in [-0.2, 0) is 14.8 Å². The van der Waals surface area contributed by atoms with E-state index in [1.807, 2.05) is 48.7 Å². The average Bonchev–Trinajstić information content (AvgIpc) is 3.60. The Morgan fingerprint density at radius 2 is 1.81 bits per heavy atom. The largest absolute Gasteiger partial charge is 0.290 e. The third-order valence-corrected chi connectivity index (χ3v) is 9.59. The highest BCUT2D eigenvalue weighted by molar-refractivity contribution is 8.26. The van der Waals surface area contributed by atoms with E-state index in [-0.39, 0.29) is 16.8 Å². The second-order valence-corrected chi connectivity index (χ2v) is 12.8. The van der Waals surface area contributed by atoms with Gasteiger partial charge in [-0.25, -0.2) is 17.4 Å². The molecule has 2 fully saturated rings. The molecule has 1 amide bonds. The summed E-state index contributed by atoms with van der Waals surface area (Å²) < 4.78 is 29.1. The van der Waals surface area contributed by atoms with E-state index >= 15 is 0 Å². The van der Waals surface area contributed by atoms with Gasteiger partial charge < -0.3 is 0 Å². The Morgan fingerprint density at radius 1 is 1.08 bits per heavy atom. The van der Waals surface area contributed by atoms with Crippen molar-refractivity contribution in [3.05, 3.63) is 71.3 Å². The lowest BCUT2D eigenvalue weighted by atomic mass is 10.1. The van der Waals surface area contributed by atoms with Gasteiger partial charge in [0.2, 0.25) is 10.0 Å². The van der Waals surface area contributed by atoms with Crippen LogP contribution in [0, 0.1) is 0 Å². The van der Waals surface area contributed by atoms with Gasteiger partial charge in [-0.3, -0.25) is 9.69 Å². The highest BCUT2D eigenvalue weighted by Crippen LogP contribution is 2.39. The van der Waals surface area contributed by atoms with Gasteiger partial charge in [-0.2, -0.15) is 5.10 Å². The Labute approximate surface area is 220 Å². The van der Waals surface area contributed by atoms with Crippen LogP contribution in [0.2, 0.25) is 0 Å². The van der Waals surface area contributed by atoms with Crippen molar-refractivity contribution in [3.8, 4) is 16.9 Å². The van der Waals surface area contributed by atoms with Crippen LogP contribution in [0.5, 0.6) is 0 Å². The SMILES string of the molecule is CN(C)S(=O)(=O)c1cccc(-c2nn(-c3ccccc3)cc2/C=C2\SC(=S)N(C3CCCC3)C2=O)c1. The molecule has 2 aromatic carbocycles. The predicted molar refractivity (Wildman–Crippen MR) is 147 cm³/mol. The molecule has 0 radical (unpaired) electrons. The van der Waals surface area contributed by atoms with E-state index in [2.05, 4.69) is 0 Å². The maximum absolute atomic E-state index is 13.3. The fourth-order valence-electron chi connectivity index (χ4n) is 4.54. The summed E-state index contributed by atoms with van der Waals surface area (Å²) in [5, 5.41) is 4.80. The molecular weight excluding hydrogens is 513 g/mol. The smallest absolute Gasteiger partial charge is 0.266 e. The number of para-hydroxylation sites is 1. The number of thiocarbonyl (C=S) groups is 1. The molecule has 0 spiro atoms. The van der Waals surface area contributed by atoms with Crippen molar-refractivity contribution >= 4 is 50.3 Å². The van der Waals surface area contributed by atoms with Gasteiger partial charge in [0.05, 0.1) is 15.5 Å². The number of thioether (sulfide) groups is 1. The average molecular weight is 539 g/mol. The molecule has 2 aliphatic rings. The lowest BCUT2D eigenvalue weighted by Crippen LogP contribution is -2.36. The molecule has 0 unspecified atom stereocenters. The fourth-order valence-corrected chi connectivity index (χ4v) is 6.88. The quantitative estimate of drug-likeness (QED) is 0.327. The van der Waals surface area contributed by atoms with Crippen LogP contribution >= 0.6 is 24.0 Å². The van der Waals surface area contributed by atoms with Crippen molar-refractivity contribution in [1.29, 1.82) is 0 Å².